The highest BCUT2D eigenvalue weighted by Crippen LogP contribution is 2.14. The van der Waals surface area contributed by atoms with E-state index in [0.717, 1.165) is 6.26 Å². The number of alkyl halides is 3. The molecule has 0 aliphatic heterocycles. The molecule has 2 N–H and O–H groups in total. The van der Waals surface area contributed by atoms with Crippen molar-refractivity contribution in [3.63, 3.8) is 0 Å². The summed E-state index contributed by atoms with van der Waals surface area (Å²) in [6.45, 7) is -1.58. The first-order valence-electron chi connectivity index (χ1n) is 4.10. The van der Waals surface area contributed by atoms with Crippen molar-refractivity contribution < 1.29 is 32.3 Å². The van der Waals surface area contributed by atoms with Crippen molar-refractivity contribution in [2.24, 2.45) is 0 Å². The van der Waals surface area contributed by atoms with Crippen molar-refractivity contribution in [2.45, 2.75) is 12.7 Å². The van der Waals surface area contributed by atoms with Crippen molar-refractivity contribution in [2.75, 3.05) is 6.61 Å². The van der Waals surface area contributed by atoms with E-state index in [-0.39, 0.29) is 17.9 Å². The van der Waals surface area contributed by atoms with Gasteiger partial charge in [0, 0.05) is 0 Å². The number of rotatable bonds is 5. The smallest absolute Gasteiger partial charge is 0.413 e. The molecule has 0 bridgehead atoms. The molecule has 0 amide bonds. The lowest BCUT2D eigenvalue weighted by Crippen LogP contribution is -2.24. The van der Waals surface area contributed by atoms with Crippen molar-refractivity contribution in [3.8, 4) is 0 Å². The summed E-state index contributed by atoms with van der Waals surface area (Å²) in [7, 11) is 0. The van der Waals surface area contributed by atoms with Gasteiger partial charge in [-0.25, -0.2) is 4.79 Å². The molecule has 0 aliphatic carbocycles. The predicted molar refractivity (Wildman–Crippen MR) is 44.5 cm³/mol. The fraction of sp³-hybridized carbons (Fsp3) is 0.375. The van der Waals surface area contributed by atoms with E-state index in [1.807, 2.05) is 5.48 Å². The normalized spacial score (nSPS) is 11.7. The van der Waals surface area contributed by atoms with E-state index in [9.17, 15) is 18.0 Å². The second-order valence-electron chi connectivity index (χ2n) is 2.83. The Balaban J connectivity index is 2.30. The Morgan fingerprint density at radius 2 is 2.25 bits per heavy atom. The number of furan rings is 1. The summed E-state index contributed by atoms with van der Waals surface area (Å²) in [5.41, 5.74) is 1.93. The van der Waals surface area contributed by atoms with Crippen LogP contribution in [0.15, 0.2) is 16.7 Å². The zero-order valence-corrected chi connectivity index (χ0v) is 7.87. The summed E-state index contributed by atoms with van der Waals surface area (Å²) in [6, 6.07) is 1.19. The first kappa shape index (κ1) is 12.5. The maximum absolute atomic E-state index is 11.6. The standard InChI is InChI=1S/C8H8F3NO4/c9-8(10,11)4-16-12-2-6-1-5(3-15-6)7(13)14/h1,3,12H,2,4H2,(H,13,14). The van der Waals surface area contributed by atoms with E-state index >= 15 is 0 Å². The number of hydroxylamine groups is 1. The molecule has 0 fully saturated rings. The summed E-state index contributed by atoms with van der Waals surface area (Å²) >= 11 is 0. The van der Waals surface area contributed by atoms with Gasteiger partial charge in [-0.2, -0.15) is 18.7 Å². The fourth-order valence-electron chi connectivity index (χ4n) is 0.841. The molecule has 0 saturated carbocycles. The van der Waals surface area contributed by atoms with Crippen LogP contribution in [-0.4, -0.2) is 23.9 Å². The molecule has 0 atom stereocenters. The molecule has 0 unspecified atom stereocenters. The van der Waals surface area contributed by atoms with E-state index in [0.29, 0.717) is 0 Å². The van der Waals surface area contributed by atoms with Crippen LogP contribution in [0.5, 0.6) is 0 Å². The van der Waals surface area contributed by atoms with E-state index in [1.165, 1.54) is 6.07 Å². The van der Waals surface area contributed by atoms with Gasteiger partial charge in [-0.1, -0.05) is 0 Å². The Morgan fingerprint density at radius 3 is 2.75 bits per heavy atom. The number of hydrogen-bond acceptors (Lipinski definition) is 4. The minimum atomic E-state index is -4.41. The Hall–Kier alpha value is -1.54. The number of hydrogen-bond donors (Lipinski definition) is 2. The van der Waals surface area contributed by atoms with Gasteiger partial charge < -0.3 is 9.52 Å². The first-order valence-corrected chi connectivity index (χ1v) is 4.10. The molecule has 1 aromatic heterocycles. The van der Waals surface area contributed by atoms with Gasteiger partial charge in [0.1, 0.15) is 12.0 Å². The third kappa shape index (κ3) is 4.32. The average molecular weight is 239 g/mol. The van der Waals surface area contributed by atoms with Crippen LogP contribution in [0, 0.1) is 0 Å². The third-order valence-electron chi connectivity index (χ3n) is 1.49. The molecular weight excluding hydrogens is 231 g/mol. The summed E-state index contributed by atoms with van der Waals surface area (Å²) < 4.78 is 39.6. The zero-order valence-electron chi connectivity index (χ0n) is 7.87. The Kier molecular flexibility index (Phi) is 3.91. The van der Waals surface area contributed by atoms with Crippen LogP contribution in [0.4, 0.5) is 13.2 Å². The number of halogens is 3. The predicted octanol–water partition coefficient (Wildman–Crippen LogP) is 1.56. The maximum Gasteiger partial charge on any atom is 0.413 e. The molecule has 16 heavy (non-hydrogen) atoms. The van der Waals surface area contributed by atoms with Crippen LogP contribution < -0.4 is 5.48 Å². The van der Waals surface area contributed by atoms with Crippen LogP contribution in [0.3, 0.4) is 0 Å². The molecule has 0 spiro atoms. The van der Waals surface area contributed by atoms with Crippen LogP contribution >= 0.6 is 0 Å². The Labute approximate surface area is 87.8 Å². The summed E-state index contributed by atoms with van der Waals surface area (Å²) in [5.74, 6) is -1.01. The van der Waals surface area contributed by atoms with Crippen LogP contribution in [0.25, 0.3) is 0 Å². The average Bonchev–Trinajstić information content (AvgIpc) is 2.59. The molecule has 0 aromatic carbocycles. The topological polar surface area (TPSA) is 71.7 Å². The van der Waals surface area contributed by atoms with Crippen molar-refractivity contribution >= 4 is 5.97 Å². The minimum Gasteiger partial charge on any atom is -0.478 e. The van der Waals surface area contributed by atoms with Gasteiger partial charge in [-0.15, -0.1) is 0 Å². The van der Waals surface area contributed by atoms with Crippen LogP contribution in [-0.2, 0) is 11.4 Å². The first-order chi connectivity index (χ1) is 7.38. The molecule has 1 heterocycles. The zero-order chi connectivity index (χ0) is 12.2. The molecule has 8 heteroatoms. The Morgan fingerprint density at radius 1 is 1.56 bits per heavy atom. The molecule has 90 valence electrons. The van der Waals surface area contributed by atoms with Crippen molar-refractivity contribution in [1.29, 1.82) is 0 Å². The molecule has 0 aliphatic rings. The Bertz CT molecular complexity index is 360. The van der Waals surface area contributed by atoms with Crippen molar-refractivity contribution in [1.82, 2.24) is 5.48 Å². The molecule has 0 saturated heterocycles. The third-order valence-corrected chi connectivity index (χ3v) is 1.49. The number of carboxylic acid groups (broad SMARTS) is 1. The molecule has 1 rings (SSSR count). The van der Waals surface area contributed by atoms with Gasteiger partial charge in [0.25, 0.3) is 0 Å². The highest BCUT2D eigenvalue weighted by Gasteiger charge is 2.27. The van der Waals surface area contributed by atoms with Gasteiger partial charge in [0.2, 0.25) is 0 Å². The van der Waals surface area contributed by atoms with Crippen LogP contribution in [0.1, 0.15) is 16.1 Å². The minimum absolute atomic E-state index is 0.0763. The summed E-state index contributed by atoms with van der Waals surface area (Å²) in [6.07, 6.45) is -3.43. The lowest BCUT2D eigenvalue weighted by molar-refractivity contribution is -0.190. The monoisotopic (exact) mass is 239 g/mol. The second-order valence-corrected chi connectivity index (χ2v) is 2.83. The van der Waals surface area contributed by atoms with Gasteiger partial charge in [-0.3, -0.25) is 4.84 Å². The maximum atomic E-state index is 11.6. The van der Waals surface area contributed by atoms with E-state index < -0.39 is 18.8 Å². The molecule has 1 aromatic rings. The highest BCUT2D eigenvalue weighted by molar-refractivity contribution is 5.87. The molecular formula is C8H8F3NO4. The molecule has 5 nitrogen and oxygen atoms in total. The number of aromatic carboxylic acids is 1. The summed E-state index contributed by atoms with van der Waals surface area (Å²) in [4.78, 5) is 14.5. The van der Waals surface area contributed by atoms with Gasteiger partial charge in [0.15, 0.2) is 6.61 Å². The molecule has 0 radical (unpaired) electrons. The van der Waals surface area contributed by atoms with E-state index in [4.69, 9.17) is 9.52 Å². The van der Waals surface area contributed by atoms with Crippen molar-refractivity contribution in [3.05, 3.63) is 23.7 Å². The lowest BCUT2D eigenvalue weighted by atomic mass is 10.3. The lowest BCUT2D eigenvalue weighted by Gasteiger charge is -2.06. The van der Waals surface area contributed by atoms with Gasteiger partial charge in [0.05, 0.1) is 12.1 Å². The number of carboxylic acids is 1. The number of nitrogens with one attached hydrogen (secondary N) is 1. The van der Waals surface area contributed by atoms with Gasteiger partial charge in [-0.05, 0) is 6.07 Å². The fourth-order valence-corrected chi connectivity index (χ4v) is 0.841. The largest absolute Gasteiger partial charge is 0.478 e. The van der Waals surface area contributed by atoms with Gasteiger partial charge >= 0.3 is 12.1 Å². The van der Waals surface area contributed by atoms with E-state index in [1.54, 1.807) is 0 Å². The number of carbonyl (C=O) groups is 1. The van der Waals surface area contributed by atoms with Crippen LogP contribution in [0.2, 0.25) is 0 Å². The summed E-state index contributed by atoms with van der Waals surface area (Å²) in [5, 5.41) is 8.52. The highest BCUT2D eigenvalue weighted by atomic mass is 19.4. The SMILES string of the molecule is O=C(O)c1coc(CNOCC(F)(F)F)c1. The second kappa shape index (κ2) is 4.99. The van der Waals surface area contributed by atoms with E-state index in [2.05, 4.69) is 4.84 Å². The quantitative estimate of drug-likeness (QED) is 0.602.